The molecule has 0 aromatic heterocycles. The first-order valence-corrected chi connectivity index (χ1v) is 9.89. The highest BCUT2D eigenvalue weighted by Gasteiger charge is 2.38. The molecule has 150 valence electrons. The zero-order chi connectivity index (χ0) is 19.9. The maximum atomic E-state index is 12.9. The van der Waals surface area contributed by atoms with Crippen molar-refractivity contribution in [3.63, 3.8) is 0 Å². The lowest BCUT2D eigenvalue weighted by molar-refractivity contribution is -0.147. The Labute approximate surface area is 162 Å². The van der Waals surface area contributed by atoms with Gasteiger partial charge in [0.05, 0.1) is 12.5 Å². The summed E-state index contributed by atoms with van der Waals surface area (Å²) in [6.07, 6.45) is 2.69. The van der Waals surface area contributed by atoms with Crippen LogP contribution in [0.15, 0.2) is 24.3 Å². The van der Waals surface area contributed by atoms with Crippen LogP contribution in [0.5, 0.6) is 5.75 Å². The van der Waals surface area contributed by atoms with E-state index >= 15 is 0 Å². The van der Waals surface area contributed by atoms with Gasteiger partial charge in [-0.15, -0.1) is 0 Å². The normalized spacial score (nSPS) is 15.0. The van der Waals surface area contributed by atoms with Crippen LogP contribution in [0.25, 0.3) is 0 Å². The summed E-state index contributed by atoms with van der Waals surface area (Å²) in [5, 5.41) is 0. The van der Waals surface area contributed by atoms with Crippen LogP contribution in [-0.2, 0) is 16.0 Å². The van der Waals surface area contributed by atoms with Crippen molar-refractivity contribution >= 4 is 11.8 Å². The van der Waals surface area contributed by atoms with Gasteiger partial charge in [0, 0.05) is 39.1 Å². The van der Waals surface area contributed by atoms with E-state index in [4.69, 9.17) is 10.5 Å². The molecule has 1 aliphatic rings. The molecule has 2 amide bonds. The lowest BCUT2D eigenvalue weighted by Crippen LogP contribution is -2.55. The number of carbonyl (C=O) groups is 2. The van der Waals surface area contributed by atoms with Crippen LogP contribution in [0, 0.1) is 5.41 Å². The van der Waals surface area contributed by atoms with Crippen LogP contribution < -0.4 is 10.5 Å². The molecule has 0 bridgehead atoms. The maximum absolute atomic E-state index is 12.9. The van der Waals surface area contributed by atoms with Crippen molar-refractivity contribution in [1.82, 2.24) is 9.80 Å². The Balaban J connectivity index is 1.83. The Morgan fingerprint density at radius 2 is 1.59 bits per heavy atom. The smallest absolute Gasteiger partial charge is 0.230 e. The van der Waals surface area contributed by atoms with Gasteiger partial charge in [-0.2, -0.15) is 0 Å². The summed E-state index contributed by atoms with van der Waals surface area (Å²) in [6.45, 7) is 6.80. The summed E-state index contributed by atoms with van der Waals surface area (Å²) in [4.78, 5) is 29.2. The average Bonchev–Trinajstić information content (AvgIpc) is 2.74. The Morgan fingerprint density at radius 1 is 1.04 bits per heavy atom. The van der Waals surface area contributed by atoms with Crippen molar-refractivity contribution in [3.05, 3.63) is 29.8 Å². The van der Waals surface area contributed by atoms with E-state index in [1.165, 1.54) is 0 Å². The van der Waals surface area contributed by atoms with Gasteiger partial charge in [-0.1, -0.05) is 26.0 Å². The Morgan fingerprint density at radius 3 is 2.07 bits per heavy atom. The number of nitrogens with zero attached hydrogens (tertiary/aromatic N) is 2. The van der Waals surface area contributed by atoms with Gasteiger partial charge in [0.25, 0.3) is 0 Å². The molecule has 6 heteroatoms. The fraction of sp³-hybridized carbons (Fsp3) is 0.619. The van der Waals surface area contributed by atoms with Crippen LogP contribution in [-0.4, -0.2) is 61.4 Å². The molecule has 1 heterocycles. The second kappa shape index (κ2) is 9.74. The molecule has 1 aromatic carbocycles. The molecule has 1 aromatic rings. The quantitative estimate of drug-likeness (QED) is 0.755. The minimum Gasteiger partial charge on any atom is -0.497 e. The van der Waals surface area contributed by atoms with Crippen molar-refractivity contribution in [2.45, 2.75) is 39.5 Å². The highest BCUT2D eigenvalue weighted by molar-refractivity contribution is 5.83. The third-order valence-electron chi connectivity index (χ3n) is 5.90. The first kappa shape index (κ1) is 21.2. The first-order valence-electron chi connectivity index (χ1n) is 9.89. The predicted octanol–water partition coefficient (Wildman–Crippen LogP) is 2.06. The van der Waals surface area contributed by atoms with Crippen molar-refractivity contribution < 1.29 is 14.3 Å². The molecule has 1 fully saturated rings. The number of rotatable bonds is 8. The number of hydrogen-bond donors (Lipinski definition) is 1. The zero-order valence-electron chi connectivity index (χ0n) is 16.9. The van der Waals surface area contributed by atoms with Crippen molar-refractivity contribution in [2.24, 2.45) is 11.1 Å². The summed E-state index contributed by atoms with van der Waals surface area (Å²) in [5.74, 6) is 1.10. The number of carbonyl (C=O) groups excluding carboxylic acids is 2. The first-order chi connectivity index (χ1) is 13.0. The zero-order valence-corrected chi connectivity index (χ0v) is 16.9. The van der Waals surface area contributed by atoms with E-state index in [9.17, 15) is 9.59 Å². The van der Waals surface area contributed by atoms with Crippen LogP contribution in [0.2, 0.25) is 0 Å². The molecule has 0 saturated carbocycles. The Hall–Kier alpha value is -2.08. The lowest BCUT2D eigenvalue weighted by atomic mass is 9.81. The van der Waals surface area contributed by atoms with Gasteiger partial charge in [0.1, 0.15) is 5.75 Å². The molecule has 0 atom stereocenters. The van der Waals surface area contributed by atoms with Crippen LogP contribution in [0.3, 0.4) is 0 Å². The van der Waals surface area contributed by atoms with Gasteiger partial charge in [-0.3, -0.25) is 9.59 Å². The maximum Gasteiger partial charge on any atom is 0.230 e. The van der Waals surface area contributed by atoms with Gasteiger partial charge >= 0.3 is 0 Å². The van der Waals surface area contributed by atoms with E-state index < -0.39 is 5.41 Å². The topological polar surface area (TPSA) is 75.9 Å². The van der Waals surface area contributed by atoms with Crippen LogP contribution >= 0.6 is 0 Å². The molecule has 1 aliphatic heterocycles. The number of nitrogens with two attached hydrogens (primary N) is 1. The van der Waals surface area contributed by atoms with Gasteiger partial charge < -0.3 is 20.3 Å². The fourth-order valence-corrected chi connectivity index (χ4v) is 3.62. The van der Waals surface area contributed by atoms with Gasteiger partial charge in [-0.25, -0.2) is 0 Å². The number of aryl methyl sites for hydroxylation is 1. The molecule has 0 spiro atoms. The highest BCUT2D eigenvalue weighted by Crippen LogP contribution is 2.28. The summed E-state index contributed by atoms with van der Waals surface area (Å²) < 4.78 is 5.15. The van der Waals surface area contributed by atoms with Crippen LogP contribution in [0.4, 0.5) is 0 Å². The molecular formula is C21H33N3O3. The molecule has 0 aliphatic carbocycles. The molecule has 2 rings (SSSR count). The molecule has 0 radical (unpaired) electrons. The molecule has 27 heavy (non-hydrogen) atoms. The van der Waals surface area contributed by atoms with Gasteiger partial charge in [0.2, 0.25) is 11.8 Å². The average molecular weight is 376 g/mol. The summed E-state index contributed by atoms with van der Waals surface area (Å²) in [7, 11) is 1.64. The second-order valence-corrected chi connectivity index (χ2v) is 7.21. The number of piperazine rings is 1. The monoisotopic (exact) mass is 375 g/mol. The van der Waals surface area contributed by atoms with E-state index in [1.807, 2.05) is 47.9 Å². The Bertz CT molecular complexity index is 610. The minimum atomic E-state index is -0.458. The van der Waals surface area contributed by atoms with E-state index in [2.05, 4.69) is 0 Å². The van der Waals surface area contributed by atoms with E-state index in [0.29, 0.717) is 45.6 Å². The van der Waals surface area contributed by atoms with Gasteiger partial charge in [-0.05, 0) is 37.0 Å². The number of benzene rings is 1. The largest absolute Gasteiger partial charge is 0.497 e. The number of ether oxygens (including phenoxy) is 1. The molecule has 0 unspecified atom stereocenters. The molecule has 1 saturated heterocycles. The number of amides is 2. The van der Waals surface area contributed by atoms with E-state index in [1.54, 1.807) is 7.11 Å². The van der Waals surface area contributed by atoms with Crippen LogP contribution in [0.1, 0.15) is 38.7 Å². The summed E-state index contributed by atoms with van der Waals surface area (Å²) in [5.41, 5.74) is 6.57. The Kier molecular flexibility index (Phi) is 7.66. The van der Waals surface area contributed by atoms with Gasteiger partial charge in [0.15, 0.2) is 0 Å². The number of hydrogen-bond acceptors (Lipinski definition) is 4. The number of methoxy groups -OCH3 is 1. The minimum absolute atomic E-state index is 0.139. The third kappa shape index (κ3) is 5.01. The van der Waals surface area contributed by atoms with E-state index in [0.717, 1.165) is 24.2 Å². The summed E-state index contributed by atoms with van der Waals surface area (Å²) in [6, 6.07) is 7.81. The molecular weight excluding hydrogens is 342 g/mol. The summed E-state index contributed by atoms with van der Waals surface area (Å²) >= 11 is 0. The van der Waals surface area contributed by atoms with Crippen molar-refractivity contribution in [2.75, 3.05) is 39.8 Å². The predicted molar refractivity (Wildman–Crippen MR) is 107 cm³/mol. The molecule has 6 nitrogen and oxygen atoms in total. The van der Waals surface area contributed by atoms with Crippen molar-refractivity contribution in [1.29, 1.82) is 0 Å². The fourth-order valence-electron chi connectivity index (χ4n) is 3.62. The standard InChI is InChI=1S/C21H33N3O3/c1-4-21(5-2,16-22)20(26)24-14-12-23(13-15-24)19(25)11-8-17-6-9-18(27-3)10-7-17/h6-7,9-10H,4-5,8,11-16,22H2,1-3H3. The third-order valence-corrected chi connectivity index (χ3v) is 5.90. The van der Waals surface area contributed by atoms with E-state index in [-0.39, 0.29) is 11.8 Å². The second-order valence-electron chi connectivity index (χ2n) is 7.21. The molecule has 2 N–H and O–H groups in total. The highest BCUT2D eigenvalue weighted by atomic mass is 16.5. The lowest BCUT2D eigenvalue weighted by Gasteiger charge is -2.40. The SMILES string of the molecule is CCC(CC)(CN)C(=O)N1CCN(C(=O)CCc2ccc(OC)cc2)CC1. The van der Waals surface area contributed by atoms with Crippen molar-refractivity contribution in [3.8, 4) is 5.75 Å².